The normalized spacial score (nSPS) is 14.5. The van der Waals surface area contributed by atoms with Gasteiger partial charge in [0, 0.05) is 6.04 Å². The molecule has 1 N–H and O–H groups in total. The molecule has 0 radical (unpaired) electrons. The molecule has 1 nitrogen and oxygen atoms in total. The largest absolute Gasteiger partial charge is 0.416 e. The SMILES string of the molecule is CCN[C@@H](C)c1cc(C(F)(F)F)cc(C(F)(F)F)c1. The molecular formula is C12H13F6N. The second-order valence-corrected chi connectivity index (χ2v) is 4.12. The minimum atomic E-state index is -4.80. The monoisotopic (exact) mass is 285 g/mol. The molecule has 1 atom stereocenters. The summed E-state index contributed by atoms with van der Waals surface area (Å²) in [7, 11) is 0. The molecule has 0 aromatic heterocycles. The third kappa shape index (κ3) is 4.12. The van der Waals surface area contributed by atoms with Crippen molar-refractivity contribution in [2.24, 2.45) is 0 Å². The van der Waals surface area contributed by atoms with Gasteiger partial charge in [0.2, 0.25) is 0 Å². The van der Waals surface area contributed by atoms with Crippen molar-refractivity contribution < 1.29 is 26.3 Å². The van der Waals surface area contributed by atoms with Gasteiger partial charge in [-0.2, -0.15) is 26.3 Å². The zero-order valence-corrected chi connectivity index (χ0v) is 10.3. The summed E-state index contributed by atoms with van der Waals surface area (Å²) in [5.74, 6) is 0. The van der Waals surface area contributed by atoms with E-state index in [0.717, 1.165) is 12.1 Å². The predicted molar refractivity (Wildman–Crippen MR) is 58.5 cm³/mol. The van der Waals surface area contributed by atoms with Crippen LogP contribution in [0.1, 0.15) is 36.6 Å². The van der Waals surface area contributed by atoms with Crippen molar-refractivity contribution >= 4 is 0 Å². The van der Waals surface area contributed by atoms with E-state index < -0.39 is 29.5 Å². The highest BCUT2D eigenvalue weighted by Gasteiger charge is 2.37. The third-order valence-electron chi connectivity index (χ3n) is 2.62. The van der Waals surface area contributed by atoms with Crippen molar-refractivity contribution in [3.8, 4) is 0 Å². The third-order valence-corrected chi connectivity index (χ3v) is 2.62. The van der Waals surface area contributed by atoms with E-state index in [-0.39, 0.29) is 11.6 Å². The van der Waals surface area contributed by atoms with Crippen LogP contribution in [0.3, 0.4) is 0 Å². The fourth-order valence-corrected chi connectivity index (χ4v) is 1.65. The molecule has 108 valence electrons. The number of halogens is 6. The predicted octanol–water partition coefficient (Wildman–Crippen LogP) is 4.39. The molecule has 7 heteroatoms. The average molecular weight is 285 g/mol. The Morgan fingerprint density at radius 2 is 1.37 bits per heavy atom. The smallest absolute Gasteiger partial charge is 0.310 e. The zero-order chi connectivity index (χ0) is 14.8. The maximum absolute atomic E-state index is 12.6. The maximum atomic E-state index is 12.6. The van der Waals surface area contributed by atoms with Gasteiger partial charge in [-0.15, -0.1) is 0 Å². The van der Waals surface area contributed by atoms with E-state index in [1.807, 2.05) is 0 Å². The quantitative estimate of drug-likeness (QED) is 0.812. The van der Waals surface area contributed by atoms with Gasteiger partial charge in [0.15, 0.2) is 0 Å². The highest BCUT2D eigenvalue weighted by Crippen LogP contribution is 2.37. The summed E-state index contributed by atoms with van der Waals surface area (Å²) in [4.78, 5) is 0. The molecule has 0 saturated carbocycles. The van der Waals surface area contributed by atoms with Crippen molar-refractivity contribution in [3.63, 3.8) is 0 Å². The van der Waals surface area contributed by atoms with Crippen LogP contribution >= 0.6 is 0 Å². The van der Waals surface area contributed by atoms with Crippen molar-refractivity contribution in [2.75, 3.05) is 6.54 Å². The van der Waals surface area contributed by atoms with E-state index in [0.29, 0.717) is 6.54 Å². The number of benzene rings is 1. The fraction of sp³-hybridized carbons (Fsp3) is 0.500. The highest BCUT2D eigenvalue weighted by atomic mass is 19.4. The first-order valence-electron chi connectivity index (χ1n) is 5.58. The van der Waals surface area contributed by atoms with Gasteiger partial charge in [0.25, 0.3) is 0 Å². The lowest BCUT2D eigenvalue weighted by molar-refractivity contribution is -0.143. The lowest BCUT2D eigenvalue weighted by Gasteiger charge is -2.18. The van der Waals surface area contributed by atoms with Crippen LogP contribution in [-0.4, -0.2) is 6.54 Å². The van der Waals surface area contributed by atoms with Crippen LogP contribution in [0.2, 0.25) is 0 Å². The standard InChI is InChI=1S/C12H13F6N/c1-3-19-7(2)8-4-9(11(13,14)15)6-10(5-8)12(16,17)18/h4-7,19H,3H2,1-2H3/t7-/m0/s1. The minimum Gasteiger partial charge on any atom is -0.310 e. The lowest BCUT2D eigenvalue weighted by Crippen LogP contribution is -2.20. The highest BCUT2D eigenvalue weighted by molar-refractivity contribution is 5.35. The fourth-order valence-electron chi connectivity index (χ4n) is 1.65. The summed E-state index contributed by atoms with van der Waals surface area (Å²) in [6, 6.07) is 1.02. The number of hydrogen-bond acceptors (Lipinski definition) is 1. The molecule has 0 heterocycles. The number of alkyl halides is 6. The summed E-state index contributed by atoms with van der Waals surface area (Å²) in [5.41, 5.74) is -2.62. The van der Waals surface area contributed by atoms with E-state index in [1.165, 1.54) is 6.92 Å². The molecule has 0 aliphatic heterocycles. The van der Waals surface area contributed by atoms with Crippen LogP contribution < -0.4 is 5.32 Å². The van der Waals surface area contributed by atoms with Gasteiger partial charge in [-0.3, -0.25) is 0 Å². The Balaban J connectivity index is 3.33. The summed E-state index contributed by atoms with van der Waals surface area (Å²) in [6.45, 7) is 3.67. The Hall–Kier alpha value is -1.24. The summed E-state index contributed by atoms with van der Waals surface area (Å²) in [6.07, 6.45) is -9.61. The van der Waals surface area contributed by atoms with Gasteiger partial charge in [0.1, 0.15) is 0 Å². The molecule has 0 bridgehead atoms. The maximum Gasteiger partial charge on any atom is 0.416 e. The molecule has 0 unspecified atom stereocenters. The van der Waals surface area contributed by atoms with Crippen LogP contribution in [0.25, 0.3) is 0 Å². The second kappa shape index (κ2) is 5.40. The van der Waals surface area contributed by atoms with E-state index in [1.54, 1.807) is 6.92 Å². The molecule has 1 aromatic carbocycles. The molecule has 1 rings (SSSR count). The van der Waals surface area contributed by atoms with Crippen LogP contribution in [0.15, 0.2) is 18.2 Å². The molecular weight excluding hydrogens is 272 g/mol. The molecule has 19 heavy (non-hydrogen) atoms. The molecule has 1 aromatic rings. The lowest BCUT2D eigenvalue weighted by atomic mass is 10.0. The molecule has 0 aliphatic carbocycles. The van der Waals surface area contributed by atoms with Gasteiger partial charge in [0.05, 0.1) is 11.1 Å². The van der Waals surface area contributed by atoms with E-state index >= 15 is 0 Å². The first-order valence-corrected chi connectivity index (χ1v) is 5.58. The zero-order valence-electron chi connectivity index (χ0n) is 10.3. The molecule has 0 spiro atoms. The van der Waals surface area contributed by atoms with Crippen molar-refractivity contribution in [1.29, 1.82) is 0 Å². The Labute approximate surface area is 106 Å². The summed E-state index contributed by atoms with van der Waals surface area (Å²) >= 11 is 0. The molecule has 0 amide bonds. The van der Waals surface area contributed by atoms with E-state index in [2.05, 4.69) is 5.32 Å². The molecule has 0 aliphatic rings. The van der Waals surface area contributed by atoms with Gasteiger partial charge >= 0.3 is 12.4 Å². The Bertz CT molecular complexity index is 403. The number of hydrogen-bond donors (Lipinski definition) is 1. The van der Waals surface area contributed by atoms with Crippen molar-refractivity contribution in [2.45, 2.75) is 32.2 Å². The molecule has 0 saturated heterocycles. The van der Waals surface area contributed by atoms with Crippen molar-refractivity contribution in [1.82, 2.24) is 5.32 Å². The number of rotatable bonds is 3. The van der Waals surface area contributed by atoms with E-state index in [4.69, 9.17) is 0 Å². The van der Waals surface area contributed by atoms with Crippen LogP contribution in [0, 0.1) is 0 Å². The van der Waals surface area contributed by atoms with E-state index in [9.17, 15) is 26.3 Å². The topological polar surface area (TPSA) is 12.0 Å². The second-order valence-electron chi connectivity index (χ2n) is 4.12. The first-order chi connectivity index (χ1) is 8.55. The van der Waals surface area contributed by atoms with Gasteiger partial charge in [-0.25, -0.2) is 0 Å². The Kier molecular flexibility index (Phi) is 4.50. The van der Waals surface area contributed by atoms with Crippen LogP contribution in [0.5, 0.6) is 0 Å². The van der Waals surface area contributed by atoms with Gasteiger partial charge in [-0.1, -0.05) is 6.92 Å². The Morgan fingerprint density at radius 1 is 0.947 bits per heavy atom. The number of nitrogens with one attached hydrogen (secondary N) is 1. The first kappa shape index (κ1) is 15.8. The van der Waals surface area contributed by atoms with Gasteiger partial charge < -0.3 is 5.32 Å². The van der Waals surface area contributed by atoms with Crippen molar-refractivity contribution in [3.05, 3.63) is 34.9 Å². The summed E-state index contributed by atoms with van der Waals surface area (Å²) in [5, 5.41) is 2.78. The summed E-state index contributed by atoms with van der Waals surface area (Å²) < 4.78 is 75.6. The van der Waals surface area contributed by atoms with Gasteiger partial charge in [-0.05, 0) is 37.2 Å². The minimum absolute atomic E-state index is 0.0380. The van der Waals surface area contributed by atoms with Crippen LogP contribution in [-0.2, 0) is 12.4 Å². The Morgan fingerprint density at radius 3 is 1.68 bits per heavy atom. The molecule has 0 fully saturated rings. The van der Waals surface area contributed by atoms with Crippen LogP contribution in [0.4, 0.5) is 26.3 Å². The average Bonchev–Trinajstić information content (AvgIpc) is 2.26.